The van der Waals surface area contributed by atoms with Crippen molar-refractivity contribution in [2.45, 2.75) is 127 Å². The summed E-state index contributed by atoms with van der Waals surface area (Å²) >= 11 is 0. The summed E-state index contributed by atoms with van der Waals surface area (Å²) in [5.41, 5.74) is 10.9. The molecule has 0 unspecified atom stereocenters. The van der Waals surface area contributed by atoms with E-state index in [4.69, 9.17) is 26.4 Å². The molecule has 13 N–H and O–H groups in total. The molecule has 0 bridgehead atoms. The number of nitrogens with two attached hydrogens (primary N) is 2. The van der Waals surface area contributed by atoms with E-state index in [1.807, 2.05) is 0 Å². The maximum Gasteiger partial charge on any atom is 0.356 e. The van der Waals surface area contributed by atoms with Gasteiger partial charge in [-0.3, -0.25) is 47.9 Å². The van der Waals surface area contributed by atoms with Crippen LogP contribution in [0.15, 0.2) is 24.3 Å². The molecule has 358 valence electrons. The number of rotatable bonds is 28. The number of aliphatic carboxylic acids is 4. The number of carbonyl (C=O) groups excluding carboxylic acids is 8. The van der Waals surface area contributed by atoms with Gasteiger partial charge in [-0.2, -0.15) is 0 Å². The van der Waals surface area contributed by atoms with Crippen molar-refractivity contribution >= 4 is 71.1 Å². The Balaban J connectivity index is 2.52. The second kappa shape index (κ2) is 25.7. The molecular formula is C40H56N8O17. The molecule has 0 radical (unpaired) electrons. The number of hydrogen-bond acceptors (Lipinski definition) is 13. The first-order valence-electron chi connectivity index (χ1n) is 20.5. The van der Waals surface area contributed by atoms with Crippen LogP contribution in [0, 0.1) is 5.92 Å². The molecule has 0 saturated carbocycles. The second-order valence-corrected chi connectivity index (χ2v) is 15.3. The minimum atomic E-state index is -2.27. The van der Waals surface area contributed by atoms with Crippen LogP contribution in [0.1, 0.15) is 84.1 Å². The molecule has 1 aliphatic rings. The normalized spacial score (nSPS) is 16.0. The lowest BCUT2D eigenvalue weighted by molar-refractivity contribution is -0.159. The summed E-state index contributed by atoms with van der Waals surface area (Å²) in [7, 11) is 0. The van der Waals surface area contributed by atoms with Crippen LogP contribution in [-0.4, -0.2) is 145 Å². The number of amides is 8. The van der Waals surface area contributed by atoms with Crippen molar-refractivity contribution in [1.29, 1.82) is 0 Å². The van der Waals surface area contributed by atoms with Gasteiger partial charge in [0, 0.05) is 39.2 Å². The van der Waals surface area contributed by atoms with Gasteiger partial charge in [-0.25, -0.2) is 9.59 Å². The van der Waals surface area contributed by atoms with E-state index in [9.17, 15) is 67.7 Å². The van der Waals surface area contributed by atoms with E-state index in [1.165, 1.54) is 17.0 Å². The highest BCUT2D eigenvalue weighted by Crippen LogP contribution is 2.22. The molecule has 1 aromatic carbocycles. The number of carbonyl (C=O) groups is 12. The van der Waals surface area contributed by atoms with Gasteiger partial charge in [0.1, 0.15) is 42.0 Å². The summed E-state index contributed by atoms with van der Waals surface area (Å²) in [5, 5.41) is 49.3. The van der Waals surface area contributed by atoms with E-state index in [1.54, 1.807) is 13.8 Å². The molecule has 25 heteroatoms. The van der Waals surface area contributed by atoms with E-state index in [-0.39, 0.29) is 30.7 Å². The standard InChI is InChI=1S/C40H56N8O17/c1-4-19(2)31(38(60)48-17-5-6-27(48)33(42)55)47-36(58)25(13-16-30(53)54)44-35(57)24(12-15-29(51)52)45-37(59)26(46-34(56)23(43-20(3)49)11-14-28(41)50)18-21-7-9-22(10-8-21)65-32(39(61)62)40(63)64/h7-10,19,23-27,31-32H,4-6,11-18H2,1-3H3,(H2,41,50)(H2,42,55)(H,43,49)(H,44,57)(H,45,59)(H,46,56)(H,47,58)(H,51,52)(H,53,54)(H,61,62)(H,63,64)/t19-,23-,24-,25-,26-,27-,31-/m0/s1. The number of likely N-dealkylation sites (tertiary alicyclic amines) is 1. The first-order valence-corrected chi connectivity index (χ1v) is 20.5. The van der Waals surface area contributed by atoms with Crippen molar-refractivity contribution in [1.82, 2.24) is 31.5 Å². The van der Waals surface area contributed by atoms with Crippen molar-refractivity contribution in [3.05, 3.63) is 29.8 Å². The lowest BCUT2D eigenvalue weighted by atomic mass is 9.96. The SMILES string of the molecule is CC[C@H](C)[C@H](NC(=O)[C@H](CCC(=O)O)NC(=O)[C@H](CCC(=O)O)NC(=O)[C@H](Cc1ccc(OC(C(=O)O)C(=O)O)cc1)NC(=O)[C@H](CCC(N)=O)NC(C)=O)C(=O)N1CCC[C@H]1C(N)=O. The smallest absolute Gasteiger partial charge is 0.356 e. The van der Waals surface area contributed by atoms with Crippen LogP contribution in [0.4, 0.5) is 0 Å². The summed E-state index contributed by atoms with van der Waals surface area (Å²) < 4.78 is 5.00. The van der Waals surface area contributed by atoms with E-state index >= 15 is 0 Å². The topological polar surface area (TPSA) is 410 Å². The van der Waals surface area contributed by atoms with Gasteiger partial charge in [0.2, 0.25) is 47.3 Å². The predicted molar refractivity (Wildman–Crippen MR) is 221 cm³/mol. The van der Waals surface area contributed by atoms with Crippen molar-refractivity contribution in [2.75, 3.05) is 6.54 Å². The number of primary amides is 2. The zero-order valence-corrected chi connectivity index (χ0v) is 35.9. The van der Waals surface area contributed by atoms with Crippen LogP contribution in [0.25, 0.3) is 0 Å². The highest BCUT2D eigenvalue weighted by atomic mass is 16.5. The zero-order valence-electron chi connectivity index (χ0n) is 35.9. The van der Waals surface area contributed by atoms with Crippen LogP contribution in [0.3, 0.4) is 0 Å². The summed E-state index contributed by atoms with van der Waals surface area (Å²) in [6.45, 7) is 4.61. The average molecular weight is 921 g/mol. The zero-order chi connectivity index (χ0) is 49.1. The molecule has 0 aliphatic carbocycles. The molecule has 0 spiro atoms. The Morgan fingerprint density at radius 1 is 0.692 bits per heavy atom. The third-order valence-corrected chi connectivity index (χ3v) is 10.3. The summed E-state index contributed by atoms with van der Waals surface area (Å²) in [5.74, 6) is -14.4. The second-order valence-electron chi connectivity index (χ2n) is 15.3. The van der Waals surface area contributed by atoms with E-state index in [0.717, 1.165) is 19.1 Å². The number of carboxylic acid groups (broad SMARTS) is 4. The van der Waals surface area contributed by atoms with Crippen LogP contribution in [-0.2, 0) is 64.0 Å². The van der Waals surface area contributed by atoms with Crippen molar-refractivity contribution in [2.24, 2.45) is 17.4 Å². The number of nitrogens with one attached hydrogen (secondary N) is 5. The van der Waals surface area contributed by atoms with Crippen LogP contribution in [0.5, 0.6) is 5.75 Å². The van der Waals surface area contributed by atoms with Gasteiger partial charge in [0.05, 0.1) is 0 Å². The Kier molecular flexibility index (Phi) is 21.3. The lowest BCUT2D eigenvalue weighted by Crippen LogP contribution is -2.60. The Morgan fingerprint density at radius 3 is 1.60 bits per heavy atom. The fourth-order valence-corrected chi connectivity index (χ4v) is 6.62. The molecule has 1 aliphatic heterocycles. The van der Waals surface area contributed by atoms with Gasteiger partial charge >= 0.3 is 23.9 Å². The average Bonchev–Trinajstić information content (AvgIpc) is 3.73. The minimum Gasteiger partial charge on any atom is -0.481 e. The number of benzene rings is 1. The summed E-state index contributed by atoms with van der Waals surface area (Å²) in [6, 6.07) is -3.90. The molecule has 25 nitrogen and oxygen atoms in total. The van der Waals surface area contributed by atoms with Gasteiger partial charge in [-0.15, -0.1) is 0 Å². The largest absolute Gasteiger partial charge is 0.481 e. The highest BCUT2D eigenvalue weighted by Gasteiger charge is 2.40. The molecule has 1 saturated heterocycles. The Hall–Kier alpha value is -7.34. The highest BCUT2D eigenvalue weighted by molar-refractivity contribution is 5.98. The number of carboxylic acids is 4. The fourth-order valence-electron chi connectivity index (χ4n) is 6.62. The monoisotopic (exact) mass is 920 g/mol. The van der Waals surface area contributed by atoms with Crippen LogP contribution in [0.2, 0.25) is 0 Å². The predicted octanol–water partition coefficient (Wildman–Crippen LogP) is -2.89. The Morgan fingerprint density at radius 2 is 1.15 bits per heavy atom. The molecule has 2 rings (SSSR count). The molecule has 1 fully saturated rings. The molecule has 7 atom stereocenters. The molecular weight excluding hydrogens is 864 g/mol. The molecule has 8 amide bonds. The molecule has 65 heavy (non-hydrogen) atoms. The third kappa shape index (κ3) is 17.7. The number of nitrogens with zero attached hydrogens (tertiary/aromatic N) is 1. The lowest BCUT2D eigenvalue weighted by Gasteiger charge is -2.32. The van der Waals surface area contributed by atoms with Crippen LogP contribution >= 0.6 is 0 Å². The van der Waals surface area contributed by atoms with Gasteiger partial charge < -0.3 is 68.1 Å². The number of ether oxygens (including phenoxy) is 1. The maximum atomic E-state index is 14.1. The maximum absolute atomic E-state index is 14.1. The van der Waals surface area contributed by atoms with Crippen LogP contribution < -0.4 is 42.8 Å². The van der Waals surface area contributed by atoms with Crippen molar-refractivity contribution in [3.8, 4) is 5.75 Å². The van der Waals surface area contributed by atoms with Crippen molar-refractivity contribution < 1.29 is 82.7 Å². The molecule has 1 heterocycles. The fraction of sp³-hybridized carbons (Fsp3) is 0.550. The molecule has 0 aromatic heterocycles. The molecule has 1 aromatic rings. The summed E-state index contributed by atoms with van der Waals surface area (Å²) in [4.78, 5) is 152. The number of hydrogen-bond donors (Lipinski definition) is 11. The Labute approximate surface area is 371 Å². The van der Waals surface area contributed by atoms with E-state index in [2.05, 4.69) is 26.6 Å². The third-order valence-electron chi connectivity index (χ3n) is 10.3. The van der Waals surface area contributed by atoms with E-state index < -0.39 is 152 Å². The van der Waals surface area contributed by atoms with E-state index in [0.29, 0.717) is 19.3 Å². The first kappa shape index (κ1) is 53.8. The summed E-state index contributed by atoms with van der Waals surface area (Å²) in [6.07, 6.45) is -4.88. The van der Waals surface area contributed by atoms with Gasteiger partial charge in [-0.05, 0) is 55.7 Å². The van der Waals surface area contributed by atoms with Gasteiger partial charge in [0.25, 0.3) is 6.10 Å². The first-order chi connectivity index (χ1) is 30.4. The van der Waals surface area contributed by atoms with Crippen molar-refractivity contribution in [3.63, 3.8) is 0 Å². The van der Waals surface area contributed by atoms with Gasteiger partial charge in [0.15, 0.2) is 0 Å². The van der Waals surface area contributed by atoms with Gasteiger partial charge in [-0.1, -0.05) is 32.4 Å². The quantitative estimate of drug-likeness (QED) is 0.0376. The minimum absolute atomic E-state index is 0.168. The Bertz CT molecular complexity index is 1950.